The minimum atomic E-state index is -0.628. The highest BCUT2D eigenvalue weighted by Crippen LogP contribution is 2.56. The Kier molecular flexibility index (Phi) is 5.90. The molecule has 4 atom stereocenters. The number of imide groups is 1. The van der Waals surface area contributed by atoms with Gasteiger partial charge in [-0.1, -0.05) is 11.6 Å². The second kappa shape index (κ2) is 8.30. The number of anilines is 1. The van der Waals surface area contributed by atoms with Crippen molar-refractivity contribution in [2.45, 2.75) is 32.6 Å². The summed E-state index contributed by atoms with van der Waals surface area (Å²) in [5.41, 5.74) is 1.22. The van der Waals surface area contributed by atoms with E-state index in [1.165, 1.54) is 4.90 Å². The first-order valence-electron chi connectivity index (χ1n) is 10.0. The molecule has 2 bridgehead atoms. The monoisotopic (exact) mass is 496 g/mol. The highest BCUT2D eigenvalue weighted by atomic mass is 79.9. The minimum absolute atomic E-state index is 0.00594. The number of fused-ring (bicyclic) bond motifs is 5. The number of nitrogens with zero attached hydrogens (tertiary/aromatic N) is 1. The molecule has 0 spiro atoms. The van der Waals surface area contributed by atoms with Crippen molar-refractivity contribution in [3.8, 4) is 0 Å². The number of amides is 3. The van der Waals surface area contributed by atoms with E-state index in [-0.39, 0.29) is 36.6 Å². The lowest BCUT2D eigenvalue weighted by Gasteiger charge is -2.19. The highest BCUT2D eigenvalue weighted by molar-refractivity contribution is 9.10. The Morgan fingerprint density at radius 2 is 1.83 bits per heavy atom. The van der Waals surface area contributed by atoms with E-state index in [0.29, 0.717) is 32.6 Å². The number of nitrogens with one attached hydrogen (secondary N) is 1. The number of esters is 1. The summed E-state index contributed by atoms with van der Waals surface area (Å²) < 4.78 is 5.72. The standard InChI is InChI=1S/C21H22BrClN2O5/c1-10-14(5-4-13(22)19(10)23)24-15(26)9-30-16(27)6-7-25-20(28)17-11-2-3-12(8-11)18(17)21(25)29/h4-5,11-12,17-18H,2-3,6-9H2,1H3,(H,24,26)/t11-,12-,17+,18+/m0/s1. The molecule has 3 fully saturated rings. The van der Waals surface area contributed by atoms with Crippen LogP contribution in [-0.4, -0.2) is 41.7 Å². The van der Waals surface area contributed by atoms with E-state index in [4.69, 9.17) is 16.3 Å². The van der Waals surface area contributed by atoms with Crippen LogP contribution in [0, 0.1) is 30.6 Å². The molecule has 1 aromatic rings. The zero-order valence-electron chi connectivity index (χ0n) is 16.5. The molecule has 9 heteroatoms. The molecule has 4 rings (SSSR count). The first kappa shape index (κ1) is 21.3. The smallest absolute Gasteiger partial charge is 0.308 e. The minimum Gasteiger partial charge on any atom is -0.456 e. The van der Waals surface area contributed by atoms with Crippen molar-refractivity contribution in [2.24, 2.45) is 23.7 Å². The number of hydrogen-bond donors (Lipinski definition) is 1. The Balaban J connectivity index is 1.25. The fourth-order valence-corrected chi connectivity index (χ4v) is 5.68. The highest BCUT2D eigenvalue weighted by Gasteiger charge is 2.60. The van der Waals surface area contributed by atoms with Gasteiger partial charge in [0.15, 0.2) is 6.61 Å². The molecule has 1 aliphatic heterocycles. The molecular weight excluding hydrogens is 476 g/mol. The van der Waals surface area contributed by atoms with Gasteiger partial charge in [0.25, 0.3) is 5.91 Å². The number of rotatable bonds is 6. The van der Waals surface area contributed by atoms with Gasteiger partial charge in [0, 0.05) is 16.7 Å². The van der Waals surface area contributed by atoms with E-state index in [2.05, 4.69) is 21.2 Å². The summed E-state index contributed by atoms with van der Waals surface area (Å²) in [7, 11) is 0. The zero-order chi connectivity index (χ0) is 21.6. The maximum atomic E-state index is 12.6. The van der Waals surface area contributed by atoms with Crippen molar-refractivity contribution in [1.82, 2.24) is 4.90 Å². The predicted molar refractivity (Wildman–Crippen MR) is 113 cm³/mol. The van der Waals surface area contributed by atoms with Crippen LogP contribution in [0.2, 0.25) is 5.02 Å². The van der Waals surface area contributed by atoms with Crippen LogP contribution in [0.4, 0.5) is 5.69 Å². The molecule has 0 unspecified atom stereocenters. The molecule has 0 radical (unpaired) electrons. The maximum absolute atomic E-state index is 12.6. The van der Waals surface area contributed by atoms with Crippen molar-refractivity contribution >= 4 is 56.9 Å². The van der Waals surface area contributed by atoms with Crippen molar-refractivity contribution in [1.29, 1.82) is 0 Å². The molecule has 1 heterocycles. The van der Waals surface area contributed by atoms with Crippen LogP contribution in [-0.2, 0) is 23.9 Å². The Morgan fingerprint density at radius 3 is 2.47 bits per heavy atom. The quantitative estimate of drug-likeness (QED) is 0.481. The Bertz CT molecular complexity index is 908. The van der Waals surface area contributed by atoms with E-state index in [1.54, 1.807) is 19.1 Å². The number of ether oxygens (including phenoxy) is 1. The fourth-order valence-electron chi connectivity index (χ4n) is 5.09. The van der Waals surface area contributed by atoms with Gasteiger partial charge in [-0.2, -0.15) is 0 Å². The molecule has 2 saturated carbocycles. The third-order valence-corrected chi connectivity index (χ3v) is 7.91. The maximum Gasteiger partial charge on any atom is 0.308 e. The lowest BCUT2D eigenvalue weighted by molar-refractivity contribution is -0.149. The largest absolute Gasteiger partial charge is 0.456 e. The van der Waals surface area contributed by atoms with E-state index < -0.39 is 18.5 Å². The fraction of sp³-hybridized carbons (Fsp3) is 0.524. The predicted octanol–water partition coefficient (Wildman–Crippen LogP) is 3.31. The lowest BCUT2D eigenvalue weighted by atomic mass is 9.81. The molecule has 0 aromatic heterocycles. The normalized spacial score (nSPS) is 26.8. The van der Waals surface area contributed by atoms with Crippen LogP contribution in [0.1, 0.15) is 31.2 Å². The van der Waals surface area contributed by atoms with Gasteiger partial charge in [0.05, 0.1) is 23.3 Å². The van der Waals surface area contributed by atoms with Gasteiger partial charge in [-0.3, -0.25) is 24.1 Å². The summed E-state index contributed by atoms with van der Waals surface area (Å²) >= 11 is 9.44. The molecule has 2 aliphatic carbocycles. The van der Waals surface area contributed by atoms with Crippen molar-refractivity contribution in [3.63, 3.8) is 0 Å². The molecule has 30 heavy (non-hydrogen) atoms. The summed E-state index contributed by atoms with van der Waals surface area (Å²) in [5, 5.41) is 3.14. The Labute approximate surface area is 187 Å². The van der Waals surface area contributed by atoms with E-state index >= 15 is 0 Å². The first-order chi connectivity index (χ1) is 14.3. The SMILES string of the molecule is Cc1c(NC(=O)COC(=O)CCN2C(=O)[C@@H]3[C@H]4CC[C@@H](C4)[C@H]3C2=O)ccc(Br)c1Cl. The van der Waals surface area contributed by atoms with Crippen molar-refractivity contribution < 1.29 is 23.9 Å². The van der Waals surface area contributed by atoms with Crippen LogP contribution in [0.5, 0.6) is 0 Å². The van der Waals surface area contributed by atoms with Gasteiger partial charge in [-0.15, -0.1) is 0 Å². The third-order valence-electron chi connectivity index (χ3n) is 6.54. The molecule has 3 amide bonds. The molecule has 7 nitrogen and oxygen atoms in total. The molecular formula is C21H22BrClN2O5. The van der Waals surface area contributed by atoms with Gasteiger partial charge in [0.2, 0.25) is 11.8 Å². The van der Waals surface area contributed by atoms with Crippen LogP contribution >= 0.6 is 27.5 Å². The molecule has 1 saturated heterocycles. The molecule has 1 N–H and O–H groups in total. The van der Waals surface area contributed by atoms with Gasteiger partial charge >= 0.3 is 5.97 Å². The number of carbonyl (C=O) groups is 4. The van der Waals surface area contributed by atoms with Gasteiger partial charge in [-0.05, 0) is 71.6 Å². The summed E-state index contributed by atoms with van der Waals surface area (Å²) in [6.07, 6.45) is 2.88. The van der Waals surface area contributed by atoms with Gasteiger partial charge in [-0.25, -0.2) is 0 Å². The zero-order valence-corrected chi connectivity index (χ0v) is 18.8. The van der Waals surface area contributed by atoms with Crippen molar-refractivity contribution in [3.05, 3.63) is 27.2 Å². The van der Waals surface area contributed by atoms with E-state index in [9.17, 15) is 19.2 Å². The average Bonchev–Trinajstić information content (AvgIpc) is 3.40. The third kappa shape index (κ3) is 3.75. The van der Waals surface area contributed by atoms with Crippen LogP contribution < -0.4 is 5.32 Å². The van der Waals surface area contributed by atoms with Crippen LogP contribution in [0.25, 0.3) is 0 Å². The lowest BCUT2D eigenvalue weighted by Crippen LogP contribution is -2.35. The topological polar surface area (TPSA) is 92.8 Å². The van der Waals surface area contributed by atoms with Gasteiger partial charge < -0.3 is 10.1 Å². The number of hydrogen-bond acceptors (Lipinski definition) is 5. The first-order valence-corrected chi connectivity index (χ1v) is 11.2. The van der Waals surface area contributed by atoms with E-state index in [0.717, 1.165) is 19.3 Å². The number of benzene rings is 1. The average molecular weight is 498 g/mol. The summed E-state index contributed by atoms with van der Waals surface area (Å²) in [5.74, 6) is -1.19. The number of carbonyl (C=O) groups excluding carboxylic acids is 4. The number of likely N-dealkylation sites (tertiary alicyclic amines) is 1. The molecule has 160 valence electrons. The van der Waals surface area contributed by atoms with Crippen molar-refractivity contribution in [2.75, 3.05) is 18.5 Å². The summed E-state index contributed by atoms with van der Waals surface area (Å²) in [6.45, 7) is 1.32. The summed E-state index contributed by atoms with van der Waals surface area (Å²) in [6, 6.07) is 3.40. The summed E-state index contributed by atoms with van der Waals surface area (Å²) in [4.78, 5) is 50.6. The molecule has 1 aromatic carbocycles. The van der Waals surface area contributed by atoms with Crippen LogP contribution in [0.15, 0.2) is 16.6 Å². The molecule has 3 aliphatic rings. The Hall–Kier alpha value is -1.93. The van der Waals surface area contributed by atoms with Gasteiger partial charge in [0.1, 0.15) is 0 Å². The second-order valence-electron chi connectivity index (χ2n) is 8.21. The Morgan fingerprint density at radius 1 is 1.20 bits per heavy atom. The second-order valence-corrected chi connectivity index (χ2v) is 9.44. The van der Waals surface area contributed by atoms with E-state index in [1.807, 2.05) is 0 Å². The number of halogens is 2. The van der Waals surface area contributed by atoms with Crippen LogP contribution in [0.3, 0.4) is 0 Å².